The summed E-state index contributed by atoms with van der Waals surface area (Å²) in [7, 11) is 0. The van der Waals surface area contributed by atoms with E-state index in [-0.39, 0.29) is 5.41 Å². The molecule has 15 heavy (non-hydrogen) atoms. The third kappa shape index (κ3) is 1.09. The minimum Gasteiger partial charge on any atom is -0.498 e. The molecule has 2 heterocycles. The monoisotopic (exact) mass is 206 g/mol. The highest BCUT2D eigenvalue weighted by Gasteiger charge is 2.68. The largest absolute Gasteiger partial charge is 0.498 e. The molecule has 0 aromatic rings. The van der Waals surface area contributed by atoms with Crippen LogP contribution in [0, 0.1) is 17.3 Å². The van der Waals surface area contributed by atoms with Crippen LogP contribution < -0.4 is 0 Å². The lowest BCUT2D eigenvalue weighted by Crippen LogP contribution is -2.18. The van der Waals surface area contributed by atoms with E-state index >= 15 is 0 Å². The molecule has 2 aliphatic heterocycles. The zero-order valence-electron chi connectivity index (χ0n) is 9.29. The van der Waals surface area contributed by atoms with Gasteiger partial charge in [0.25, 0.3) is 0 Å². The second-order valence-corrected chi connectivity index (χ2v) is 4.91. The molecule has 0 bridgehead atoms. The van der Waals surface area contributed by atoms with Crippen molar-refractivity contribution in [1.29, 1.82) is 0 Å². The maximum absolute atomic E-state index is 5.68. The van der Waals surface area contributed by atoms with Gasteiger partial charge in [0, 0.05) is 11.3 Å². The van der Waals surface area contributed by atoms with Crippen molar-refractivity contribution < 1.29 is 9.47 Å². The van der Waals surface area contributed by atoms with Gasteiger partial charge in [-0.25, -0.2) is 0 Å². The second-order valence-electron chi connectivity index (χ2n) is 4.91. The Bertz CT molecular complexity index is 331. The molecule has 82 valence electrons. The molecule has 0 aromatic carbocycles. The Hall–Kier alpha value is -0.760. The van der Waals surface area contributed by atoms with Crippen molar-refractivity contribution in [1.82, 2.24) is 0 Å². The van der Waals surface area contributed by atoms with Crippen molar-refractivity contribution in [3.63, 3.8) is 0 Å². The summed E-state index contributed by atoms with van der Waals surface area (Å²) in [5, 5.41) is 0. The van der Waals surface area contributed by atoms with Gasteiger partial charge in [-0.3, -0.25) is 0 Å². The van der Waals surface area contributed by atoms with Crippen molar-refractivity contribution in [2.24, 2.45) is 17.3 Å². The van der Waals surface area contributed by atoms with Gasteiger partial charge in [0.1, 0.15) is 0 Å². The van der Waals surface area contributed by atoms with Gasteiger partial charge in [0.15, 0.2) is 0 Å². The lowest BCUT2D eigenvalue weighted by atomic mass is 9.87. The van der Waals surface area contributed by atoms with Crippen LogP contribution in [-0.4, -0.2) is 19.8 Å². The van der Waals surface area contributed by atoms with Crippen molar-refractivity contribution >= 4 is 0 Å². The van der Waals surface area contributed by atoms with Gasteiger partial charge < -0.3 is 9.47 Å². The van der Waals surface area contributed by atoms with E-state index in [1.165, 1.54) is 12.0 Å². The number of hydrogen-bond donors (Lipinski definition) is 0. The zero-order chi connectivity index (χ0) is 10.5. The molecular formula is C13H18O2. The van der Waals surface area contributed by atoms with Crippen LogP contribution in [0.1, 0.15) is 19.8 Å². The van der Waals surface area contributed by atoms with Crippen molar-refractivity contribution in [3.8, 4) is 0 Å². The molecule has 2 fully saturated rings. The lowest BCUT2D eigenvalue weighted by Gasteiger charge is -2.25. The van der Waals surface area contributed by atoms with E-state index in [0.29, 0.717) is 11.8 Å². The van der Waals surface area contributed by atoms with Crippen LogP contribution in [0.15, 0.2) is 24.0 Å². The lowest BCUT2D eigenvalue weighted by molar-refractivity contribution is 0.133. The summed E-state index contributed by atoms with van der Waals surface area (Å²) < 4.78 is 11.3. The predicted octanol–water partition coefficient (Wildman–Crippen LogP) is 2.52. The SMILES string of the molecule is C=C[C@@H]1[C@H]2COC[C@@]12C1=C(C)OCCC1. The second kappa shape index (κ2) is 3.11. The first-order valence-electron chi connectivity index (χ1n) is 5.84. The van der Waals surface area contributed by atoms with Gasteiger partial charge in [0.05, 0.1) is 25.6 Å². The normalized spacial score (nSPS) is 43.5. The van der Waals surface area contributed by atoms with Crippen LogP contribution in [0.5, 0.6) is 0 Å². The summed E-state index contributed by atoms with van der Waals surface area (Å²) in [5.74, 6) is 2.47. The third-order valence-corrected chi connectivity index (χ3v) is 4.35. The number of ether oxygens (including phenoxy) is 2. The smallest absolute Gasteiger partial charge is 0.0927 e. The van der Waals surface area contributed by atoms with Gasteiger partial charge in [-0.1, -0.05) is 6.08 Å². The summed E-state index contributed by atoms with van der Waals surface area (Å²) in [6.07, 6.45) is 4.46. The fourth-order valence-corrected chi connectivity index (χ4v) is 3.55. The average Bonchev–Trinajstić information content (AvgIpc) is 2.65. The van der Waals surface area contributed by atoms with Gasteiger partial charge in [-0.2, -0.15) is 0 Å². The van der Waals surface area contributed by atoms with Gasteiger partial charge in [0.2, 0.25) is 0 Å². The summed E-state index contributed by atoms with van der Waals surface area (Å²) in [4.78, 5) is 0. The molecule has 0 spiro atoms. The molecule has 0 unspecified atom stereocenters. The van der Waals surface area contributed by atoms with E-state index in [9.17, 15) is 0 Å². The topological polar surface area (TPSA) is 18.5 Å². The molecular weight excluding hydrogens is 188 g/mol. The maximum Gasteiger partial charge on any atom is 0.0927 e. The van der Waals surface area contributed by atoms with Gasteiger partial charge >= 0.3 is 0 Å². The quantitative estimate of drug-likeness (QED) is 0.646. The molecule has 0 radical (unpaired) electrons. The first kappa shape index (κ1) is 9.46. The molecule has 3 rings (SSSR count). The van der Waals surface area contributed by atoms with E-state index in [2.05, 4.69) is 19.6 Å². The highest BCUT2D eigenvalue weighted by atomic mass is 16.5. The predicted molar refractivity (Wildman–Crippen MR) is 58.3 cm³/mol. The van der Waals surface area contributed by atoms with Crippen LogP contribution in [-0.2, 0) is 9.47 Å². The average molecular weight is 206 g/mol. The Morgan fingerprint density at radius 1 is 1.53 bits per heavy atom. The molecule has 1 saturated heterocycles. The summed E-state index contributed by atoms with van der Waals surface area (Å²) >= 11 is 0. The Morgan fingerprint density at radius 2 is 2.40 bits per heavy atom. The Kier molecular flexibility index (Phi) is 1.96. The Morgan fingerprint density at radius 3 is 3.07 bits per heavy atom. The van der Waals surface area contributed by atoms with Crippen LogP contribution in [0.25, 0.3) is 0 Å². The summed E-state index contributed by atoms with van der Waals surface area (Å²) in [5.41, 5.74) is 1.80. The molecule has 0 amide bonds. The first-order chi connectivity index (χ1) is 7.30. The fraction of sp³-hybridized carbons (Fsp3) is 0.692. The number of fused-ring (bicyclic) bond motifs is 1. The highest BCUT2D eigenvalue weighted by molar-refractivity contribution is 5.36. The minimum absolute atomic E-state index is 0.284. The maximum atomic E-state index is 5.68. The first-order valence-corrected chi connectivity index (χ1v) is 5.84. The molecule has 3 aliphatic rings. The minimum atomic E-state index is 0.284. The highest BCUT2D eigenvalue weighted by Crippen LogP contribution is 2.68. The molecule has 2 nitrogen and oxygen atoms in total. The number of hydrogen-bond acceptors (Lipinski definition) is 2. The van der Waals surface area contributed by atoms with Crippen LogP contribution in [0.2, 0.25) is 0 Å². The van der Waals surface area contributed by atoms with Crippen molar-refractivity contribution in [2.45, 2.75) is 19.8 Å². The third-order valence-electron chi connectivity index (χ3n) is 4.35. The van der Waals surface area contributed by atoms with Gasteiger partial charge in [-0.05, 0) is 31.3 Å². The summed E-state index contributed by atoms with van der Waals surface area (Å²) in [6.45, 7) is 8.73. The van der Waals surface area contributed by atoms with E-state index in [0.717, 1.165) is 32.0 Å². The molecule has 3 atom stereocenters. The van der Waals surface area contributed by atoms with Crippen molar-refractivity contribution in [3.05, 3.63) is 24.0 Å². The van der Waals surface area contributed by atoms with E-state index in [1.807, 2.05) is 0 Å². The van der Waals surface area contributed by atoms with Crippen LogP contribution >= 0.6 is 0 Å². The van der Waals surface area contributed by atoms with Crippen molar-refractivity contribution in [2.75, 3.05) is 19.8 Å². The van der Waals surface area contributed by atoms with Gasteiger partial charge in [-0.15, -0.1) is 6.58 Å². The molecule has 1 aliphatic carbocycles. The Labute approximate surface area is 90.9 Å². The van der Waals surface area contributed by atoms with Crippen LogP contribution in [0.3, 0.4) is 0 Å². The molecule has 0 aromatic heterocycles. The van der Waals surface area contributed by atoms with Crippen LogP contribution in [0.4, 0.5) is 0 Å². The standard InChI is InChI=1S/C13H18O2/c1-3-10-12-7-14-8-13(10,12)11-5-4-6-15-9(11)2/h3,10,12H,1,4-8H2,2H3/t10-,12-,13+/m1/s1. The molecule has 2 heteroatoms. The van der Waals surface area contributed by atoms with E-state index < -0.39 is 0 Å². The number of rotatable bonds is 2. The zero-order valence-corrected chi connectivity index (χ0v) is 9.29. The van der Waals surface area contributed by atoms with E-state index in [4.69, 9.17) is 9.47 Å². The molecule has 0 N–H and O–H groups in total. The Balaban J connectivity index is 1.96. The number of allylic oxidation sites excluding steroid dienone is 2. The fourth-order valence-electron chi connectivity index (χ4n) is 3.55. The molecule has 1 saturated carbocycles. The van der Waals surface area contributed by atoms with E-state index in [1.54, 1.807) is 0 Å². The summed E-state index contributed by atoms with van der Waals surface area (Å²) in [6, 6.07) is 0.